The summed E-state index contributed by atoms with van der Waals surface area (Å²) in [6, 6.07) is 17.5. The number of fused-ring (bicyclic) bond motifs is 2. The number of hydrogen-bond donors (Lipinski definition) is 0. The topological polar surface area (TPSA) is 74.6 Å². The number of benzene rings is 2. The lowest BCUT2D eigenvalue weighted by Crippen LogP contribution is -2.61. The minimum absolute atomic E-state index is 0.0340. The van der Waals surface area contributed by atoms with Crippen molar-refractivity contribution < 1.29 is 9.59 Å². The van der Waals surface area contributed by atoms with Gasteiger partial charge in [-0.25, -0.2) is 4.98 Å². The van der Waals surface area contributed by atoms with E-state index in [1.54, 1.807) is 24.3 Å². The Morgan fingerprint density at radius 3 is 2.66 bits per heavy atom. The second-order valence-corrected chi connectivity index (χ2v) is 12.9. The summed E-state index contributed by atoms with van der Waals surface area (Å²) in [5.41, 5.74) is 5.59. The number of amides is 2. The maximum absolute atomic E-state index is 14.5. The normalized spacial score (nSPS) is 18.3. The van der Waals surface area contributed by atoms with Crippen LogP contribution in [0.2, 0.25) is 5.02 Å². The molecule has 44 heavy (non-hydrogen) atoms. The predicted molar refractivity (Wildman–Crippen MR) is 174 cm³/mol. The molecule has 1 fully saturated rings. The van der Waals surface area contributed by atoms with Crippen molar-refractivity contribution in [3.8, 4) is 0 Å². The summed E-state index contributed by atoms with van der Waals surface area (Å²) in [4.78, 5) is 42.6. The average molecular weight is 676 g/mol. The number of pyridine rings is 1. The molecular weight excluding hydrogens is 640 g/mol. The number of hydrogen-bond acceptors (Lipinski definition) is 5. The van der Waals surface area contributed by atoms with Crippen LogP contribution >= 0.6 is 27.5 Å². The lowest BCUT2D eigenvalue weighted by molar-refractivity contribution is -0.149. The molecule has 0 saturated carbocycles. The smallest absolute Gasteiger partial charge is 0.247 e. The molecule has 0 unspecified atom stereocenters. The molecule has 8 nitrogen and oxygen atoms in total. The van der Waals surface area contributed by atoms with Gasteiger partial charge in [0.25, 0.3) is 0 Å². The van der Waals surface area contributed by atoms with Gasteiger partial charge in [0.05, 0.1) is 18.1 Å². The van der Waals surface area contributed by atoms with E-state index >= 15 is 0 Å². The molecule has 1 aliphatic carbocycles. The molecule has 10 heteroatoms. The summed E-state index contributed by atoms with van der Waals surface area (Å²) in [6.45, 7) is 4.87. The van der Waals surface area contributed by atoms with Crippen molar-refractivity contribution in [2.75, 3.05) is 26.2 Å². The predicted octanol–water partition coefficient (Wildman–Crippen LogP) is 5.53. The fourth-order valence-electron chi connectivity index (χ4n) is 6.55. The third-order valence-corrected chi connectivity index (χ3v) is 9.36. The molecule has 1 aliphatic heterocycles. The van der Waals surface area contributed by atoms with Gasteiger partial charge in [-0.2, -0.15) is 0 Å². The fourth-order valence-corrected chi connectivity index (χ4v) is 7.13. The van der Waals surface area contributed by atoms with Gasteiger partial charge in [-0.15, -0.1) is 0 Å². The standard InChI is InChI=1S/C34H36BrClN6O2/c1-24(43)42-17-16-40(33-30-11-10-29(36)19-26(30)8-9-27-18-28(35)20-38-32(27)33)22-31(42)34(44)41(21-25-6-3-2-4-7-25)14-5-13-39-15-12-37-23-39/h2-4,6-7,10-12,15,18-20,23,31,33H,5,8-9,13-14,16-17,21-22H2,1H3/t31-,33+/m1/s1. The van der Waals surface area contributed by atoms with Gasteiger partial charge in [-0.05, 0) is 75.6 Å². The van der Waals surface area contributed by atoms with Crippen LogP contribution in [0.15, 0.2) is 84.0 Å². The molecule has 4 aromatic rings. The highest BCUT2D eigenvalue weighted by Gasteiger charge is 2.41. The van der Waals surface area contributed by atoms with E-state index in [4.69, 9.17) is 16.6 Å². The monoisotopic (exact) mass is 674 g/mol. The third-order valence-electron chi connectivity index (χ3n) is 8.69. The van der Waals surface area contributed by atoms with Crippen LogP contribution < -0.4 is 0 Å². The quantitative estimate of drug-likeness (QED) is 0.246. The van der Waals surface area contributed by atoms with E-state index in [2.05, 4.69) is 44.0 Å². The molecule has 228 valence electrons. The molecule has 0 bridgehead atoms. The molecular formula is C34H36BrClN6O2. The van der Waals surface area contributed by atoms with Crippen molar-refractivity contribution in [3.63, 3.8) is 0 Å². The van der Waals surface area contributed by atoms with Crippen LogP contribution in [0.1, 0.15) is 47.3 Å². The highest BCUT2D eigenvalue weighted by Crippen LogP contribution is 2.38. The number of aromatic nitrogens is 3. The van der Waals surface area contributed by atoms with E-state index in [0.29, 0.717) is 37.7 Å². The van der Waals surface area contributed by atoms with Gasteiger partial charge < -0.3 is 14.4 Å². The first-order chi connectivity index (χ1) is 21.4. The zero-order valence-corrected chi connectivity index (χ0v) is 27.1. The van der Waals surface area contributed by atoms with Crippen molar-refractivity contribution in [1.29, 1.82) is 0 Å². The Kier molecular flexibility index (Phi) is 9.44. The van der Waals surface area contributed by atoms with Gasteiger partial charge in [0.15, 0.2) is 0 Å². The van der Waals surface area contributed by atoms with Gasteiger partial charge in [0.1, 0.15) is 6.04 Å². The van der Waals surface area contributed by atoms with E-state index in [-0.39, 0.29) is 17.9 Å². The van der Waals surface area contributed by atoms with Crippen molar-refractivity contribution in [1.82, 2.24) is 29.2 Å². The van der Waals surface area contributed by atoms with Crippen LogP contribution in [0, 0.1) is 0 Å². The molecule has 6 rings (SSSR count). The first-order valence-corrected chi connectivity index (χ1v) is 16.3. The number of imidazole rings is 1. The van der Waals surface area contributed by atoms with Gasteiger partial charge in [-0.1, -0.05) is 48.0 Å². The van der Waals surface area contributed by atoms with E-state index in [9.17, 15) is 9.59 Å². The molecule has 0 N–H and O–H groups in total. The van der Waals surface area contributed by atoms with Crippen LogP contribution in [0.25, 0.3) is 0 Å². The Morgan fingerprint density at radius 1 is 1.07 bits per heavy atom. The number of carbonyl (C=O) groups excluding carboxylic acids is 2. The Morgan fingerprint density at radius 2 is 1.89 bits per heavy atom. The highest BCUT2D eigenvalue weighted by atomic mass is 79.9. The lowest BCUT2D eigenvalue weighted by atomic mass is 9.95. The summed E-state index contributed by atoms with van der Waals surface area (Å²) < 4.78 is 2.97. The second-order valence-electron chi connectivity index (χ2n) is 11.6. The zero-order chi connectivity index (χ0) is 30.6. The van der Waals surface area contributed by atoms with Crippen LogP contribution in [-0.4, -0.2) is 73.3 Å². The number of nitrogens with zero attached hydrogens (tertiary/aromatic N) is 6. The summed E-state index contributed by atoms with van der Waals surface area (Å²) >= 11 is 10.1. The van der Waals surface area contributed by atoms with E-state index in [1.165, 1.54) is 11.1 Å². The highest BCUT2D eigenvalue weighted by molar-refractivity contribution is 9.10. The largest absolute Gasteiger partial charge is 0.337 e. The maximum atomic E-state index is 14.5. The maximum Gasteiger partial charge on any atom is 0.247 e. The fraction of sp³-hybridized carbons (Fsp3) is 0.353. The van der Waals surface area contributed by atoms with Gasteiger partial charge in [0, 0.05) is 74.3 Å². The minimum atomic E-state index is -0.615. The first-order valence-electron chi connectivity index (χ1n) is 15.1. The van der Waals surface area contributed by atoms with Gasteiger partial charge in [-0.3, -0.25) is 19.5 Å². The van der Waals surface area contributed by atoms with Crippen LogP contribution in [0.4, 0.5) is 0 Å². The van der Waals surface area contributed by atoms with Crippen LogP contribution in [-0.2, 0) is 35.5 Å². The molecule has 1 saturated heterocycles. The van der Waals surface area contributed by atoms with Crippen LogP contribution in [0.3, 0.4) is 0 Å². The van der Waals surface area contributed by atoms with Crippen LogP contribution in [0.5, 0.6) is 0 Å². The molecule has 2 amide bonds. The summed E-state index contributed by atoms with van der Waals surface area (Å²) in [6.07, 6.45) is 9.82. The van der Waals surface area contributed by atoms with Crippen molar-refractivity contribution in [3.05, 3.63) is 117 Å². The Balaban J connectivity index is 1.32. The molecule has 2 atom stereocenters. The Labute approximate surface area is 271 Å². The molecule has 2 aromatic carbocycles. The lowest BCUT2D eigenvalue weighted by Gasteiger charge is -2.45. The van der Waals surface area contributed by atoms with Gasteiger partial charge >= 0.3 is 0 Å². The number of carbonyl (C=O) groups is 2. The molecule has 0 spiro atoms. The minimum Gasteiger partial charge on any atom is -0.337 e. The Hall–Kier alpha value is -3.53. The molecule has 2 aliphatic rings. The van der Waals surface area contributed by atoms with E-state index in [1.807, 2.05) is 58.3 Å². The van der Waals surface area contributed by atoms with Crippen molar-refractivity contribution >= 4 is 39.3 Å². The number of rotatable bonds is 8. The second kappa shape index (κ2) is 13.6. The van der Waals surface area contributed by atoms with Crippen molar-refractivity contribution in [2.24, 2.45) is 0 Å². The SMILES string of the molecule is CC(=O)N1CCN([C@H]2c3ccc(Cl)cc3CCc3cc(Br)cnc32)C[C@@H]1C(=O)N(CCCn1ccnc1)Cc1ccccc1. The summed E-state index contributed by atoms with van der Waals surface area (Å²) in [5.74, 6) is -0.120. The zero-order valence-electron chi connectivity index (χ0n) is 24.8. The van der Waals surface area contributed by atoms with E-state index < -0.39 is 6.04 Å². The third kappa shape index (κ3) is 6.75. The average Bonchev–Trinajstić information content (AvgIpc) is 3.49. The summed E-state index contributed by atoms with van der Waals surface area (Å²) in [7, 11) is 0. The number of aryl methyl sites for hydroxylation is 3. The number of piperazine rings is 1. The molecule has 3 heterocycles. The Bertz CT molecular complexity index is 1560. The first kappa shape index (κ1) is 30.5. The van der Waals surface area contributed by atoms with E-state index in [0.717, 1.165) is 47.1 Å². The van der Waals surface area contributed by atoms with Gasteiger partial charge in [0.2, 0.25) is 11.8 Å². The molecule has 0 radical (unpaired) electrons. The number of halogens is 2. The molecule has 2 aromatic heterocycles. The summed E-state index contributed by atoms with van der Waals surface area (Å²) in [5, 5.41) is 0.712. The van der Waals surface area contributed by atoms with Crippen molar-refractivity contribution in [2.45, 2.75) is 51.4 Å².